The summed E-state index contributed by atoms with van der Waals surface area (Å²) in [6.07, 6.45) is 35.6. The maximum atomic E-state index is 13.2. The van der Waals surface area contributed by atoms with E-state index in [1.165, 1.54) is 173 Å². The van der Waals surface area contributed by atoms with Gasteiger partial charge in [0.25, 0.3) is 0 Å². The zero-order valence-electron chi connectivity index (χ0n) is 41.3. The third-order valence-corrected chi connectivity index (χ3v) is 14.2. The Morgan fingerprint density at radius 1 is 0.562 bits per heavy atom. The fraction of sp³-hybridized carbons (Fsp3) is 0.962. The zero-order valence-corrected chi connectivity index (χ0v) is 42.1. The monoisotopic (exact) mass is 931 g/mol. The Bertz CT molecular complexity index is 1060. The molecule has 0 bridgehead atoms. The van der Waals surface area contributed by atoms with Crippen molar-refractivity contribution in [2.75, 3.05) is 18.1 Å². The molecule has 0 aliphatic carbocycles. The first-order chi connectivity index (χ1) is 31.1. The lowest BCUT2D eigenvalue weighted by atomic mass is 9.98. The lowest BCUT2D eigenvalue weighted by Crippen LogP contribution is -2.60. The number of primary amides is 1. The van der Waals surface area contributed by atoms with E-state index in [1.807, 2.05) is 0 Å². The van der Waals surface area contributed by atoms with Gasteiger partial charge in [0.05, 0.1) is 30.6 Å². The Kier molecular flexibility index (Phi) is 41.3. The maximum Gasteiger partial charge on any atom is 0.227 e. The van der Waals surface area contributed by atoms with Gasteiger partial charge in [0, 0.05) is 12.2 Å². The molecule has 0 aromatic heterocycles. The highest BCUT2D eigenvalue weighted by atomic mass is 32.2. The average molecular weight is 931 g/mol. The molecule has 0 spiro atoms. The summed E-state index contributed by atoms with van der Waals surface area (Å²) < 4.78 is 11.6. The predicted octanol–water partition coefficient (Wildman–Crippen LogP) is 10.7. The van der Waals surface area contributed by atoms with E-state index in [-0.39, 0.29) is 30.4 Å². The third-order valence-electron chi connectivity index (χ3n) is 13.1. The number of rotatable bonds is 47. The number of nitrogens with one attached hydrogen (secondary N) is 1. The molecule has 12 heteroatoms. The molecule has 1 fully saturated rings. The van der Waals surface area contributed by atoms with Gasteiger partial charge in [-0.15, -0.1) is 11.8 Å². The van der Waals surface area contributed by atoms with Crippen LogP contribution >= 0.6 is 11.8 Å². The van der Waals surface area contributed by atoms with E-state index in [1.54, 1.807) is 0 Å². The summed E-state index contributed by atoms with van der Waals surface area (Å²) in [7, 11) is 0. The van der Waals surface area contributed by atoms with Crippen molar-refractivity contribution < 1.29 is 44.6 Å². The number of ether oxygens (including phenoxy) is 2. The zero-order chi connectivity index (χ0) is 46.9. The van der Waals surface area contributed by atoms with Crippen molar-refractivity contribution in [3.63, 3.8) is 0 Å². The first kappa shape index (κ1) is 61.0. The van der Waals surface area contributed by atoms with Gasteiger partial charge >= 0.3 is 0 Å². The number of aliphatic hydroxyl groups is 5. The number of aliphatic hydroxyl groups excluding tert-OH is 5. The van der Waals surface area contributed by atoms with Crippen molar-refractivity contribution >= 4 is 23.6 Å². The second kappa shape index (κ2) is 43.3. The molecule has 1 rings (SSSR count). The Balaban J connectivity index is 2.38. The number of amides is 2. The van der Waals surface area contributed by atoms with Crippen LogP contribution in [0, 0.1) is 0 Å². The SMILES string of the molecule is CCCCCCCCCCCCCCCCCCCCCCCCCC(=O)N[C@@H](CO[C@H]1O[C@H](CSCC(N)=O)[C@H](O)[C@H](O)[C@H]1O)[C@H](O)[C@H](O)CCCCCCCCCCCCCC. The lowest BCUT2D eigenvalue weighted by Gasteiger charge is -2.41. The fourth-order valence-corrected chi connectivity index (χ4v) is 9.70. The first-order valence-electron chi connectivity index (χ1n) is 26.9. The van der Waals surface area contributed by atoms with E-state index >= 15 is 0 Å². The summed E-state index contributed by atoms with van der Waals surface area (Å²) >= 11 is 1.12. The van der Waals surface area contributed by atoms with E-state index in [9.17, 15) is 35.1 Å². The minimum atomic E-state index is -1.60. The summed E-state index contributed by atoms with van der Waals surface area (Å²) in [5.74, 6) is -0.675. The van der Waals surface area contributed by atoms with Gasteiger partial charge in [-0.3, -0.25) is 9.59 Å². The van der Waals surface area contributed by atoms with Crippen LogP contribution in [0.15, 0.2) is 0 Å². The number of carbonyl (C=O) groups is 2. The van der Waals surface area contributed by atoms with Gasteiger partial charge in [-0.05, 0) is 12.8 Å². The molecule has 8 atom stereocenters. The van der Waals surface area contributed by atoms with Crippen LogP contribution in [0.5, 0.6) is 0 Å². The Morgan fingerprint density at radius 2 is 0.938 bits per heavy atom. The number of carbonyl (C=O) groups excluding carboxylic acids is 2. The molecule has 0 aromatic carbocycles. The summed E-state index contributed by atoms with van der Waals surface area (Å²) in [6, 6.07) is -0.994. The third kappa shape index (κ3) is 33.5. The molecule has 1 aliphatic rings. The summed E-state index contributed by atoms with van der Waals surface area (Å²) in [5.41, 5.74) is 5.23. The van der Waals surface area contributed by atoms with Gasteiger partial charge in [-0.2, -0.15) is 0 Å². The van der Waals surface area contributed by atoms with Crippen LogP contribution in [-0.4, -0.2) is 104 Å². The molecule has 0 aromatic rings. The van der Waals surface area contributed by atoms with Crippen molar-refractivity contribution in [2.45, 2.75) is 300 Å². The van der Waals surface area contributed by atoms with Gasteiger partial charge in [-0.25, -0.2) is 0 Å². The Hall–Kier alpha value is -0.990. The molecule has 0 unspecified atom stereocenters. The van der Waals surface area contributed by atoms with Crippen LogP contribution in [0.4, 0.5) is 0 Å². The topological polar surface area (TPSA) is 192 Å². The second-order valence-corrected chi connectivity index (χ2v) is 20.3. The maximum absolute atomic E-state index is 13.2. The first-order valence-corrected chi connectivity index (χ1v) is 28.1. The van der Waals surface area contributed by atoms with Gasteiger partial charge in [0.2, 0.25) is 11.8 Å². The van der Waals surface area contributed by atoms with Crippen molar-refractivity contribution in [3.8, 4) is 0 Å². The molecule has 2 amide bonds. The van der Waals surface area contributed by atoms with E-state index < -0.39 is 54.9 Å². The van der Waals surface area contributed by atoms with Gasteiger partial charge in [0.15, 0.2) is 6.29 Å². The van der Waals surface area contributed by atoms with E-state index in [4.69, 9.17) is 15.2 Å². The highest BCUT2D eigenvalue weighted by Crippen LogP contribution is 2.26. The van der Waals surface area contributed by atoms with Crippen molar-refractivity contribution in [3.05, 3.63) is 0 Å². The molecule has 1 aliphatic heterocycles. The predicted molar refractivity (Wildman–Crippen MR) is 265 cm³/mol. The molecule has 11 nitrogen and oxygen atoms in total. The smallest absolute Gasteiger partial charge is 0.227 e. The van der Waals surface area contributed by atoms with Gasteiger partial charge in [0.1, 0.15) is 24.4 Å². The summed E-state index contributed by atoms with van der Waals surface area (Å²) in [4.78, 5) is 24.4. The van der Waals surface area contributed by atoms with Crippen molar-refractivity contribution in [1.29, 1.82) is 0 Å². The summed E-state index contributed by atoms with van der Waals surface area (Å²) in [6.45, 7) is 4.22. The van der Waals surface area contributed by atoms with Crippen molar-refractivity contribution in [2.24, 2.45) is 5.73 Å². The second-order valence-electron chi connectivity index (χ2n) is 19.3. The normalized spacial score (nSPS) is 20.3. The van der Waals surface area contributed by atoms with E-state index in [2.05, 4.69) is 19.2 Å². The van der Waals surface area contributed by atoms with E-state index in [0.29, 0.717) is 6.42 Å². The summed E-state index contributed by atoms with van der Waals surface area (Å²) in [5, 5.41) is 56.8. The minimum Gasteiger partial charge on any atom is -0.390 e. The number of nitrogens with two attached hydrogens (primary N) is 1. The van der Waals surface area contributed by atoms with Crippen LogP contribution in [0.25, 0.3) is 0 Å². The number of hydrogen-bond acceptors (Lipinski definition) is 10. The molecule has 1 heterocycles. The van der Waals surface area contributed by atoms with Crippen LogP contribution in [0.3, 0.4) is 0 Å². The Morgan fingerprint density at radius 3 is 1.33 bits per heavy atom. The largest absolute Gasteiger partial charge is 0.390 e. The number of hydrogen-bond donors (Lipinski definition) is 7. The molecule has 64 heavy (non-hydrogen) atoms. The minimum absolute atomic E-state index is 0.00621. The van der Waals surface area contributed by atoms with E-state index in [0.717, 1.165) is 63.1 Å². The highest BCUT2D eigenvalue weighted by molar-refractivity contribution is 7.99. The Labute approximate surface area is 396 Å². The molecule has 1 saturated heterocycles. The molecule has 0 radical (unpaired) electrons. The van der Waals surface area contributed by atoms with Crippen LogP contribution < -0.4 is 11.1 Å². The molecule has 0 saturated carbocycles. The van der Waals surface area contributed by atoms with Gasteiger partial charge in [-0.1, -0.05) is 232 Å². The molecular formula is C52H102N2O9S. The standard InChI is InChI=1S/C52H102N2O9S/c1-3-5-7-9-11-13-15-17-18-19-20-21-22-23-24-25-26-27-29-31-33-35-37-39-47(57)54-43(40-62-52-51(61)50(60)49(59)45(63-52)41-64-42-46(53)56)48(58)44(55)38-36-34-32-30-28-16-14-12-10-8-6-4-2/h43-45,48-52,55,58-61H,3-42H2,1-2H3,(H2,53,56)(H,54,57)/t43-,44+,45+,48-,49-,50-,51+,52-/m0/s1. The van der Waals surface area contributed by atoms with Crippen LogP contribution in [0.1, 0.15) is 251 Å². The quantitative estimate of drug-likeness (QED) is 0.0289. The molecule has 380 valence electrons. The molecule has 8 N–H and O–H groups in total. The lowest BCUT2D eigenvalue weighted by molar-refractivity contribution is -0.294. The fourth-order valence-electron chi connectivity index (χ4n) is 8.88. The van der Waals surface area contributed by atoms with Crippen LogP contribution in [0.2, 0.25) is 0 Å². The van der Waals surface area contributed by atoms with Gasteiger partial charge < -0.3 is 46.1 Å². The average Bonchev–Trinajstić information content (AvgIpc) is 3.28. The number of unbranched alkanes of at least 4 members (excludes halogenated alkanes) is 33. The highest BCUT2D eigenvalue weighted by Gasteiger charge is 2.44. The number of thioether (sulfide) groups is 1. The molecular weight excluding hydrogens is 829 g/mol. The van der Waals surface area contributed by atoms with Crippen LogP contribution in [-0.2, 0) is 19.1 Å². The van der Waals surface area contributed by atoms with Crippen molar-refractivity contribution in [1.82, 2.24) is 5.32 Å².